The van der Waals surface area contributed by atoms with Gasteiger partial charge in [0.25, 0.3) is 10.0 Å². The number of nitrogens with one attached hydrogen (secondary N) is 1. The number of hydrogen-bond acceptors (Lipinski definition) is 8. The highest BCUT2D eigenvalue weighted by Gasteiger charge is 2.38. The van der Waals surface area contributed by atoms with Gasteiger partial charge in [-0.1, -0.05) is 23.7 Å². The Bertz CT molecular complexity index is 1870. The second-order valence-electron chi connectivity index (χ2n) is 8.23. The average molecular weight is 641 g/mol. The molecule has 9 nitrogen and oxygen atoms in total. The fourth-order valence-corrected chi connectivity index (χ4v) is 5.51. The number of alkyl halides is 3. The number of fused-ring (bicyclic) bond motifs is 1. The monoisotopic (exact) mass is 640 g/mol. The molecule has 0 aliphatic heterocycles. The van der Waals surface area contributed by atoms with Crippen molar-refractivity contribution in [2.45, 2.75) is 11.1 Å². The Kier molecular flexibility index (Phi) is 8.94. The smallest absolute Gasteiger partial charge is 0.490 e. The second kappa shape index (κ2) is 12.3. The molecule has 0 aliphatic carbocycles. The minimum absolute atomic E-state index is 0.0362. The van der Waals surface area contributed by atoms with Crippen molar-refractivity contribution in [1.29, 1.82) is 0 Å². The quantitative estimate of drug-likeness (QED) is 0.197. The Morgan fingerprint density at radius 1 is 1.05 bits per heavy atom. The van der Waals surface area contributed by atoms with Crippen LogP contribution in [0.3, 0.4) is 0 Å². The highest BCUT2D eigenvalue weighted by molar-refractivity contribution is 7.92. The van der Waals surface area contributed by atoms with Gasteiger partial charge >= 0.3 is 12.1 Å². The van der Waals surface area contributed by atoms with Crippen molar-refractivity contribution in [3.8, 4) is 28.1 Å². The van der Waals surface area contributed by atoms with E-state index in [9.17, 15) is 26.0 Å². The highest BCUT2D eigenvalue weighted by atomic mass is 35.5. The van der Waals surface area contributed by atoms with Gasteiger partial charge in [-0.2, -0.15) is 13.2 Å². The Hall–Kier alpha value is -4.34. The number of aromatic nitrogens is 3. The molecule has 0 radical (unpaired) electrons. The summed E-state index contributed by atoms with van der Waals surface area (Å²) < 4.78 is 79.1. The number of benzene rings is 3. The van der Waals surface area contributed by atoms with Gasteiger partial charge in [-0.05, 0) is 48.0 Å². The molecule has 2 heterocycles. The Morgan fingerprint density at radius 3 is 2.40 bits per heavy atom. The van der Waals surface area contributed by atoms with Crippen LogP contribution in [0.15, 0.2) is 76.7 Å². The highest BCUT2D eigenvalue weighted by Crippen LogP contribution is 2.40. The van der Waals surface area contributed by atoms with E-state index < -0.39 is 22.2 Å². The predicted octanol–water partition coefficient (Wildman–Crippen LogP) is 6.66. The van der Waals surface area contributed by atoms with Crippen molar-refractivity contribution in [3.05, 3.63) is 82.7 Å². The number of thiazole rings is 1. The number of anilines is 1. The van der Waals surface area contributed by atoms with Crippen molar-refractivity contribution < 1.29 is 40.6 Å². The number of sulfonamides is 1. The van der Waals surface area contributed by atoms with Crippen molar-refractivity contribution in [3.63, 3.8) is 0 Å². The summed E-state index contributed by atoms with van der Waals surface area (Å²) in [5.74, 6) is -2.42. The lowest BCUT2D eigenvalue weighted by atomic mass is 9.99. The van der Waals surface area contributed by atoms with Gasteiger partial charge in [0.2, 0.25) is 0 Å². The average Bonchev–Trinajstić information content (AvgIpc) is 3.44. The van der Waals surface area contributed by atoms with Gasteiger partial charge in [0.1, 0.15) is 17.9 Å². The lowest BCUT2D eigenvalue weighted by Crippen LogP contribution is -2.21. The fraction of sp³-hybridized carbons (Fsp3) is 0.0769. The summed E-state index contributed by atoms with van der Waals surface area (Å²) in [5, 5.41) is 9.71. The predicted molar refractivity (Wildman–Crippen MR) is 149 cm³/mol. The molecule has 0 bridgehead atoms. The van der Waals surface area contributed by atoms with Crippen LogP contribution in [0, 0.1) is 5.82 Å². The van der Waals surface area contributed by atoms with E-state index in [4.69, 9.17) is 26.2 Å². The van der Waals surface area contributed by atoms with Gasteiger partial charge in [-0.3, -0.25) is 4.72 Å². The molecule has 0 atom stereocenters. The maximum absolute atomic E-state index is 13.8. The van der Waals surface area contributed by atoms with E-state index in [2.05, 4.69) is 19.7 Å². The van der Waals surface area contributed by atoms with Crippen molar-refractivity contribution in [1.82, 2.24) is 15.0 Å². The van der Waals surface area contributed by atoms with Gasteiger partial charge in [0, 0.05) is 26.9 Å². The molecular formula is C26H17ClF4N4O5S2. The van der Waals surface area contributed by atoms with E-state index in [1.165, 1.54) is 54.5 Å². The van der Waals surface area contributed by atoms with Gasteiger partial charge in [0.05, 0.1) is 28.7 Å². The number of halogens is 5. The van der Waals surface area contributed by atoms with E-state index in [-0.39, 0.29) is 16.5 Å². The molecule has 3 aromatic carbocycles. The topological polar surface area (TPSA) is 131 Å². The molecule has 0 aliphatic rings. The van der Waals surface area contributed by atoms with E-state index in [1.807, 2.05) is 0 Å². The third-order valence-corrected chi connectivity index (χ3v) is 7.76. The molecule has 2 N–H and O–H groups in total. The number of hydrogen-bond donors (Lipinski definition) is 2. The van der Waals surface area contributed by atoms with Crippen molar-refractivity contribution in [2.24, 2.45) is 0 Å². The Balaban J connectivity index is 0.000000517. The van der Waals surface area contributed by atoms with E-state index >= 15 is 0 Å². The SMILES string of the molecule is COc1cc(-c2cccc(F)c2)c(Cl)cc1-c1ncnc2cc(S(=O)(=O)Nc3cscn3)ccc12.O=C(O)C(F)(F)F. The molecule has 0 saturated heterocycles. The number of rotatable bonds is 6. The molecule has 5 aromatic rings. The number of aliphatic carboxylic acids is 1. The Labute approximate surface area is 244 Å². The van der Waals surface area contributed by atoms with Crippen LogP contribution in [-0.4, -0.2) is 47.7 Å². The lowest BCUT2D eigenvalue weighted by Gasteiger charge is -2.14. The van der Waals surface area contributed by atoms with Crippen LogP contribution in [0.5, 0.6) is 5.75 Å². The molecule has 0 amide bonds. The minimum Gasteiger partial charge on any atom is -0.496 e. The molecule has 16 heteroatoms. The summed E-state index contributed by atoms with van der Waals surface area (Å²) in [4.78, 5) is 21.6. The number of ether oxygens (including phenoxy) is 1. The second-order valence-corrected chi connectivity index (χ2v) is 11.0. The third kappa shape index (κ3) is 6.92. The summed E-state index contributed by atoms with van der Waals surface area (Å²) in [7, 11) is -2.34. The minimum atomic E-state index is -5.08. The number of carbonyl (C=O) groups is 1. The first-order valence-electron chi connectivity index (χ1n) is 11.4. The summed E-state index contributed by atoms with van der Waals surface area (Å²) in [6, 6.07) is 14.1. The number of methoxy groups -OCH3 is 1. The largest absolute Gasteiger partial charge is 0.496 e. The van der Waals surface area contributed by atoms with Crippen LogP contribution < -0.4 is 9.46 Å². The zero-order valence-corrected chi connectivity index (χ0v) is 23.4. The molecule has 5 rings (SSSR count). The van der Waals surface area contributed by atoms with Gasteiger partial charge in [0.15, 0.2) is 5.82 Å². The number of nitrogens with zero attached hydrogens (tertiary/aromatic N) is 3. The van der Waals surface area contributed by atoms with Gasteiger partial charge in [-0.15, -0.1) is 11.3 Å². The van der Waals surface area contributed by atoms with Crippen LogP contribution >= 0.6 is 22.9 Å². The van der Waals surface area contributed by atoms with Crippen molar-refractivity contribution >= 4 is 55.7 Å². The summed E-state index contributed by atoms with van der Waals surface area (Å²) in [5.41, 5.74) is 4.26. The maximum Gasteiger partial charge on any atom is 0.490 e. The Morgan fingerprint density at radius 2 is 1.79 bits per heavy atom. The molecule has 218 valence electrons. The third-order valence-electron chi connectivity index (χ3n) is 5.51. The van der Waals surface area contributed by atoms with Crippen LogP contribution in [0.2, 0.25) is 5.02 Å². The number of carboxylic acids is 1. The molecule has 0 fully saturated rings. The van der Waals surface area contributed by atoms with Crippen LogP contribution in [0.25, 0.3) is 33.3 Å². The van der Waals surface area contributed by atoms with Gasteiger partial charge in [-0.25, -0.2) is 32.6 Å². The van der Waals surface area contributed by atoms with E-state index in [0.29, 0.717) is 44.1 Å². The van der Waals surface area contributed by atoms with E-state index in [1.54, 1.807) is 35.7 Å². The first kappa shape index (κ1) is 30.6. The molecule has 0 unspecified atom stereocenters. The fourth-order valence-electron chi connectivity index (χ4n) is 3.66. The number of carboxylic acid groups (broad SMARTS) is 1. The van der Waals surface area contributed by atoms with Gasteiger partial charge < -0.3 is 9.84 Å². The van der Waals surface area contributed by atoms with Crippen molar-refractivity contribution in [2.75, 3.05) is 11.8 Å². The summed E-state index contributed by atoms with van der Waals surface area (Å²) in [6.07, 6.45) is -3.74. The lowest BCUT2D eigenvalue weighted by molar-refractivity contribution is -0.192. The normalized spacial score (nSPS) is 11.5. The van der Waals surface area contributed by atoms with Crippen LogP contribution in [-0.2, 0) is 14.8 Å². The van der Waals surface area contributed by atoms with Crippen LogP contribution in [0.4, 0.5) is 23.4 Å². The first-order valence-corrected chi connectivity index (χ1v) is 14.2. The zero-order valence-electron chi connectivity index (χ0n) is 21.1. The molecule has 0 saturated carbocycles. The molecular weight excluding hydrogens is 624 g/mol. The molecule has 0 spiro atoms. The van der Waals surface area contributed by atoms with Crippen LogP contribution in [0.1, 0.15) is 0 Å². The molecule has 2 aromatic heterocycles. The molecule has 42 heavy (non-hydrogen) atoms. The zero-order chi connectivity index (χ0) is 30.7. The van der Waals surface area contributed by atoms with E-state index in [0.717, 1.165) is 0 Å². The standard InChI is InChI=1S/C24H16ClFN4O3S2.C2HF3O2/c1-33-22-10-18(14-3-2-4-15(26)7-14)20(25)9-19(22)24-17-6-5-16(8-21(17)27-12-28-24)35(31,32)30-23-11-34-13-29-23;3-2(4,5)1(6)7/h2-13,30H,1H3;(H,6,7). The summed E-state index contributed by atoms with van der Waals surface area (Å²) >= 11 is 7.87. The summed E-state index contributed by atoms with van der Waals surface area (Å²) in [6.45, 7) is 0. The first-order chi connectivity index (χ1) is 19.8. The maximum atomic E-state index is 13.8.